The Labute approximate surface area is 185 Å². The average Bonchev–Trinajstić information content (AvgIpc) is 3.12. The molecule has 0 saturated carbocycles. The van der Waals surface area contributed by atoms with Crippen molar-refractivity contribution in [2.75, 3.05) is 10.2 Å². The Morgan fingerprint density at radius 2 is 1.68 bits per heavy atom. The molecule has 1 aliphatic heterocycles. The second-order valence-corrected chi connectivity index (χ2v) is 7.35. The van der Waals surface area contributed by atoms with Gasteiger partial charge in [0.15, 0.2) is 0 Å². The molecule has 3 aromatic carbocycles. The molecule has 0 saturated heterocycles. The van der Waals surface area contributed by atoms with Gasteiger partial charge >= 0.3 is 0 Å². The Kier molecular flexibility index (Phi) is 5.96. The largest absolute Gasteiger partial charge is 0.326 e. The van der Waals surface area contributed by atoms with E-state index in [4.69, 9.17) is 11.6 Å². The zero-order chi connectivity index (χ0) is 21.8. The number of aliphatic imine (C=N–C) groups is 1. The van der Waals surface area contributed by atoms with Crippen LogP contribution in [0.25, 0.3) is 6.08 Å². The lowest BCUT2D eigenvalue weighted by atomic mass is 10.1. The first kappa shape index (κ1) is 20.6. The molecule has 0 spiro atoms. The van der Waals surface area contributed by atoms with Gasteiger partial charge in [-0.25, -0.2) is 4.99 Å². The van der Waals surface area contributed by atoms with E-state index in [1.165, 1.54) is 0 Å². The number of hydrogen-bond donors (Lipinski definition) is 1. The summed E-state index contributed by atoms with van der Waals surface area (Å²) in [6.07, 6.45) is 2.09. The zero-order valence-corrected chi connectivity index (χ0v) is 17.6. The molecule has 0 radical (unpaired) electrons. The van der Waals surface area contributed by atoms with Gasteiger partial charge in [0.25, 0.3) is 5.91 Å². The lowest BCUT2D eigenvalue weighted by Gasteiger charge is -2.19. The summed E-state index contributed by atoms with van der Waals surface area (Å²) < 4.78 is 0. The van der Waals surface area contributed by atoms with Gasteiger partial charge in [-0.2, -0.15) is 0 Å². The second kappa shape index (κ2) is 8.98. The van der Waals surface area contributed by atoms with Gasteiger partial charge in [0.1, 0.15) is 11.5 Å². The smallest absolute Gasteiger partial charge is 0.282 e. The molecular formula is C25H20ClN3O2. The number of nitrogens with zero attached hydrogens (tertiary/aromatic N) is 2. The Hall–Kier alpha value is -3.70. The number of halogens is 1. The molecule has 1 N–H and O–H groups in total. The fourth-order valence-corrected chi connectivity index (χ4v) is 3.41. The van der Waals surface area contributed by atoms with Gasteiger partial charge in [0.05, 0.1) is 5.69 Å². The molecule has 31 heavy (non-hydrogen) atoms. The highest BCUT2D eigenvalue weighted by Gasteiger charge is 2.32. The summed E-state index contributed by atoms with van der Waals surface area (Å²) in [4.78, 5) is 31.2. The number of benzene rings is 3. The van der Waals surface area contributed by atoms with E-state index in [2.05, 4.69) is 10.3 Å². The van der Waals surface area contributed by atoms with E-state index in [0.29, 0.717) is 34.4 Å². The van der Waals surface area contributed by atoms with Crippen LogP contribution in [0.1, 0.15) is 24.5 Å². The minimum Gasteiger partial charge on any atom is -0.326 e. The van der Waals surface area contributed by atoms with E-state index < -0.39 is 0 Å². The van der Waals surface area contributed by atoms with Crippen molar-refractivity contribution in [2.45, 2.75) is 13.3 Å². The third kappa shape index (κ3) is 4.42. The number of nitrogens with one attached hydrogen (secondary N) is 1. The summed E-state index contributed by atoms with van der Waals surface area (Å²) in [7, 11) is 0. The normalized spacial score (nSPS) is 14.6. The minimum atomic E-state index is -0.246. The zero-order valence-electron chi connectivity index (χ0n) is 16.9. The highest BCUT2D eigenvalue weighted by Crippen LogP contribution is 2.30. The van der Waals surface area contributed by atoms with E-state index in [1.54, 1.807) is 48.2 Å². The first-order chi connectivity index (χ1) is 15.1. The number of rotatable bonds is 5. The van der Waals surface area contributed by atoms with E-state index in [9.17, 15) is 9.59 Å². The Balaban J connectivity index is 1.74. The predicted octanol–water partition coefficient (Wildman–Crippen LogP) is 5.52. The predicted molar refractivity (Wildman–Crippen MR) is 125 cm³/mol. The molecule has 1 aliphatic rings. The monoisotopic (exact) mass is 429 g/mol. The molecule has 2 amide bonds. The van der Waals surface area contributed by atoms with Crippen LogP contribution in [0.5, 0.6) is 0 Å². The summed E-state index contributed by atoms with van der Waals surface area (Å²) in [5.41, 5.74) is 3.18. The van der Waals surface area contributed by atoms with Crippen LogP contribution < -0.4 is 10.2 Å². The van der Waals surface area contributed by atoms with E-state index in [0.717, 1.165) is 11.1 Å². The van der Waals surface area contributed by atoms with Crippen LogP contribution in [0.3, 0.4) is 0 Å². The van der Waals surface area contributed by atoms with Crippen molar-refractivity contribution in [3.63, 3.8) is 0 Å². The number of hydrogen-bond acceptors (Lipinski definition) is 3. The third-order valence-corrected chi connectivity index (χ3v) is 5.16. The standard InChI is InChI=1S/C25H20ClN3O2/c1-2-23(30)27-19-12-14-20(15-13-19)29-24(17-8-4-3-5-9-17)28-22(25(29)31)16-18-10-6-7-11-21(18)26/h3-16H,2H2,1H3,(H,27,30)/b22-16-. The number of carbonyl (C=O) groups is 2. The van der Waals surface area contributed by atoms with Crippen LogP contribution >= 0.6 is 11.6 Å². The summed E-state index contributed by atoms with van der Waals surface area (Å²) in [6.45, 7) is 1.79. The number of carbonyl (C=O) groups excluding carboxylic acids is 2. The molecule has 154 valence electrons. The van der Waals surface area contributed by atoms with Crippen LogP contribution in [0.4, 0.5) is 11.4 Å². The van der Waals surface area contributed by atoms with Crippen LogP contribution in [0, 0.1) is 0 Å². The van der Waals surface area contributed by atoms with Crippen molar-refractivity contribution in [3.8, 4) is 0 Å². The highest BCUT2D eigenvalue weighted by molar-refractivity contribution is 6.34. The van der Waals surface area contributed by atoms with Crippen molar-refractivity contribution < 1.29 is 9.59 Å². The van der Waals surface area contributed by atoms with Crippen LogP contribution in [0.2, 0.25) is 5.02 Å². The lowest BCUT2D eigenvalue weighted by Crippen LogP contribution is -2.32. The molecule has 0 bridgehead atoms. The number of amides is 2. The molecule has 0 aliphatic carbocycles. The number of amidine groups is 1. The lowest BCUT2D eigenvalue weighted by molar-refractivity contribution is -0.116. The van der Waals surface area contributed by atoms with Crippen LogP contribution in [0.15, 0.2) is 89.6 Å². The molecule has 5 nitrogen and oxygen atoms in total. The maximum Gasteiger partial charge on any atom is 0.282 e. The third-order valence-electron chi connectivity index (χ3n) is 4.82. The van der Waals surface area contributed by atoms with Gasteiger partial charge in [-0.1, -0.05) is 67.1 Å². The maximum atomic E-state index is 13.3. The first-order valence-corrected chi connectivity index (χ1v) is 10.3. The van der Waals surface area contributed by atoms with Crippen molar-refractivity contribution in [3.05, 3.63) is 101 Å². The highest BCUT2D eigenvalue weighted by atomic mass is 35.5. The molecular weight excluding hydrogens is 410 g/mol. The Morgan fingerprint density at radius 3 is 2.35 bits per heavy atom. The Bertz CT molecular complexity index is 1180. The molecule has 4 rings (SSSR count). The van der Waals surface area contributed by atoms with Gasteiger partial charge in [-0.05, 0) is 42.0 Å². The van der Waals surface area contributed by atoms with Crippen molar-refractivity contribution in [1.29, 1.82) is 0 Å². The fraction of sp³-hybridized carbons (Fsp3) is 0.0800. The Morgan fingerprint density at radius 1 is 1.00 bits per heavy atom. The molecule has 0 atom stereocenters. The summed E-state index contributed by atoms with van der Waals surface area (Å²) in [6, 6.07) is 24.0. The number of anilines is 2. The van der Waals surface area contributed by atoms with E-state index in [1.807, 2.05) is 48.5 Å². The molecule has 3 aromatic rings. The van der Waals surface area contributed by atoms with Gasteiger partial charge < -0.3 is 5.32 Å². The molecule has 0 unspecified atom stereocenters. The van der Waals surface area contributed by atoms with Crippen molar-refractivity contribution in [2.24, 2.45) is 4.99 Å². The SMILES string of the molecule is CCC(=O)Nc1ccc(N2C(=O)/C(=C/c3ccccc3Cl)N=C2c2ccccc2)cc1. The van der Waals surface area contributed by atoms with Crippen molar-refractivity contribution >= 4 is 46.7 Å². The first-order valence-electron chi connectivity index (χ1n) is 9.91. The van der Waals surface area contributed by atoms with Crippen LogP contribution in [-0.2, 0) is 9.59 Å². The summed E-state index contributed by atoms with van der Waals surface area (Å²) in [5.74, 6) is 0.222. The van der Waals surface area contributed by atoms with Gasteiger partial charge in [0, 0.05) is 22.7 Å². The molecule has 6 heteroatoms. The van der Waals surface area contributed by atoms with Gasteiger partial charge in [0.2, 0.25) is 5.91 Å². The van der Waals surface area contributed by atoms with E-state index >= 15 is 0 Å². The summed E-state index contributed by atoms with van der Waals surface area (Å²) >= 11 is 6.28. The average molecular weight is 430 g/mol. The fourth-order valence-electron chi connectivity index (χ4n) is 3.22. The molecule has 0 aromatic heterocycles. The van der Waals surface area contributed by atoms with Gasteiger partial charge in [-0.3, -0.25) is 14.5 Å². The summed E-state index contributed by atoms with van der Waals surface area (Å²) in [5, 5.41) is 3.36. The minimum absolute atomic E-state index is 0.0681. The van der Waals surface area contributed by atoms with Crippen molar-refractivity contribution in [1.82, 2.24) is 0 Å². The molecule has 1 heterocycles. The second-order valence-electron chi connectivity index (χ2n) is 6.94. The maximum absolute atomic E-state index is 13.3. The quantitative estimate of drug-likeness (QED) is 0.542. The van der Waals surface area contributed by atoms with Gasteiger partial charge in [-0.15, -0.1) is 0 Å². The van der Waals surface area contributed by atoms with Crippen LogP contribution in [-0.4, -0.2) is 17.6 Å². The molecule has 0 fully saturated rings. The topological polar surface area (TPSA) is 61.8 Å². The van der Waals surface area contributed by atoms with E-state index in [-0.39, 0.29) is 11.8 Å².